The molecule has 0 unspecified atom stereocenters. The number of para-hydroxylation sites is 1. The summed E-state index contributed by atoms with van der Waals surface area (Å²) in [5, 5.41) is 10.9. The monoisotopic (exact) mass is 486 g/mol. The zero-order chi connectivity index (χ0) is 24.0. The summed E-state index contributed by atoms with van der Waals surface area (Å²) in [6, 6.07) is 9.27. The Morgan fingerprint density at radius 3 is 2.82 bits per heavy atom. The van der Waals surface area contributed by atoms with Gasteiger partial charge in [-0.25, -0.2) is 9.78 Å². The summed E-state index contributed by atoms with van der Waals surface area (Å²) in [7, 11) is 0. The van der Waals surface area contributed by atoms with Gasteiger partial charge >= 0.3 is 5.97 Å². The van der Waals surface area contributed by atoms with Crippen molar-refractivity contribution in [1.29, 1.82) is 5.26 Å². The lowest BCUT2D eigenvalue weighted by molar-refractivity contribution is 0.0531. The Bertz CT molecular complexity index is 1240. The fraction of sp³-hybridized carbons (Fsp3) is 0.391. The average Bonchev–Trinajstić information content (AvgIpc) is 3.11. The van der Waals surface area contributed by atoms with Gasteiger partial charge in [0.05, 0.1) is 29.2 Å². The van der Waals surface area contributed by atoms with Crippen LogP contribution in [-0.4, -0.2) is 34.8 Å². The number of carbonyl (C=O) groups is 1. The molecule has 0 aliphatic heterocycles. The van der Waals surface area contributed by atoms with Crippen LogP contribution in [-0.2, 0) is 21.8 Å². The first kappa shape index (κ1) is 24.8. The lowest BCUT2D eigenvalue weighted by atomic mass is 10.2. The normalized spacial score (nSPS) is 11.1. The van der Waals surface area contributed by atoms with E-state index in [-0.39, 0.29) is 34.6 Å². The lowest BCUT2D eigenvalue weighted by Gasteiger charge is -2.14. The molecule has 2 N–H and O–H groups in total. The largest absolute Gasteiger partial charge is 0.462 e. The second kappa shape index (κ2) is 11.3. The van der Waals surface area contributed by atoms with E-state index in [0.717, 1.165) is 11.3 Å². The van der Waals surface area contributed by atoms with Crippen molar-refractivity contribution in [2.45, 2.75) is 50.8 Å². The highest BCUT2D eigenvalue weighted by Crippen LogP contribution is 2.35. The van der Waals surface area contributed by atoms with Crippen molar-refractivity contribution in [3.05, 3.63) is 50.6 Å². The van der Waals surface area contributed by atoms with E-state index in [2.05, 4.69) is 6.07 Å². The molecule has 2 aromatic heterocycles. The lowest BCUT2D eigenvalue weighted by Crippen LogP contribution is -2.24. The molecule has 8 nitrogen and oxygen atoms in total. The highest BCUT2D eigenvalue weighted by atomic mass is 32.2. The molecular formula is C23H26N4O4S2. The summed E-state index contributed by atoms with van der Waals surface area (Å²) >= 11 is 2.33. The van der Waals surface area contributed by atoms with E-state index in [1.54, 1.807) is 23.6 Å². The maximum Gasteiger partial charge on any atom is 0.348 e. The molecule has 0 bridgehead atoms. The number of nitriles is 1. The number of rotatable bonds is 10. The highest BCUT2D eigenvalue weighted by molar-refractivity contribution is 7.98. The second-order valence-corrected chi connectivity index (χ2v) is 9.41. The van der Waals surface area contributed by atoms with E-state index in [0.29, 0.717) is 46.1 Å². The van der Waals surface area contributed by atoms with Gasteiger partial charge in [-0.3, -0.25) is 9.36 Å². The van der Waals surface area contributed by atoms with Gasteiger partial charge < -0.3 is 15.2 Å². The van der Waals surface area contributed by atoms with E-state index >= 15 is 0 Å². The number of anilines is 1. The minimum Gasteiger partial charge on any atom is -0.462 e. The van der Waals surface area contributed by atoms with Gasteiger partial charge in [0.1, 0.15) is 15.9 Å². The van der Waals surface area contributed by atoms with Crippen molar-refractivity contribution in [3.8, 4) is 6.07 Å². The van der Waals surface area contributed by atoms with Crippen molar-refractivity contribution in [3.63, 3.8) is 0 Å². The molecule has 3 aromatic rings. The zero-order valence-electron chi connectivity index (χ0n) is 18.8. The van der Waals surface area contributed by atoms with Gasteiger partial charge in [-0.05, 0) is 39.3 Å². The minimum atomic E-state index is -0.513. The number of hydrogen-bond acceptors (Lipinski definition) is 9. The number of thioether (sulfide) groups is 1. The number of carbonyl (C=O) groups excluding carboxylic acids is 1. The number of aromatic nitrogens is 2. The number of nitrogens with zero attached hydrogens (tertiary/aromatic N) is 3. The van der Waals surface area contributed by atoms with Crippen LogP contribution < -0.4 is 11.3 Å². The third-order valence-corrected chi connectivity index (χ3v) is 6.80. The predicted molar refractivity (Wildman–Crippen MR) is 131 cm³/mol. The Balaban J connectivity index is 1.96. The van der Waals surface area contributed by atoms with Crippen LogP contribution in [0.25, 0.3) is 10.9 Å². The molecule has 33 heavy (non-hydrogen) atoms. The summed E-state index contributed by atoms with van der Waals surface area (Å²) in [6.45, 7) is 6.82. The molecule has 0 atom stereocenters. The number of nitrogens with two attached hydrogens (primary N) is 1. The number of hydrogen-bond donors (Lipinski definition) is 1. The molecule has 0 aliphatic rings. The van der Waals surface area contributed by atoms with Gasteiger partial charge in [-0.2, -0.15) is 5.26 Å². The quantitative estimate of drug-likeness (QED) is 0.196. The Hall–Kier alpha value is -2.87. The standard InChI is InChI=1S/C23H26N4O4S2/c1-4-30-22(29)19-17(16(12-24)20(25)33-19)13-32-23-26-18-9-6-5-8-15(18)21(28)27(23)10-7-11-31-14(2)3/h5-6,8-9,14H,4,7,10-11,13,25H2,1-3H3. The van der Waals surface area contributed by atoms with Crippen LogP contribution in [0, 0.1) is 11.3 Å². The molecule has 0 amide bonds. The number of thiophene rings is 1. The minimum absolute atomic E-state index is 0.111. The van der Waals surface area contributed by atoms with Crippen LogP contribution in [0.4, 0.5) is 5.00 Å². The first-order valence-corrected chi connectivity index (χ1v) is 12.4. The Labute approximate surface area is 200 Å². The fourth-order valence-corrected chi connectivity index (χ4v) is 5.32. The summed E-state index contributed by atoms with van der Waals surface area (Å²) in [4.78, 5) is 30.6. The van der Waals surface area contributed by atoms with E-state index in [4.69, 9.17) is 20.2 Å². The van der Waals surface area contributed by atoms with Gasteiger partial charge in [0.25, 0.3) is 5.56 Å². The van der Waals surface area contributed by atoms with Crippen molar-refractivity contribution >= 4 is 45.0 Å². The number of ether oxygens (including phenoxy) is 2. The maximum atomic E-state index is 13.2. The SMILES string of the molecule is CCOC(=O)c1sc(N)c(C#N)c1CSc1nc2ccccc2c(=O)n1CCCOC(C)C. The first-order valence-electron chi connectivity index (χ1n) is 10.6. The molecule has 0 radical (unpaired) electrons. The third-order valence-electron chi connectivity index (χ3n) is 4.76. The smallest absolute Gasteiger partial charge is 0.348 e. The third kappa shape index (κ3) is 5.74. The van der Waals surface area contributed by atoms with Crippen molar-refractivity contribution < 1.29 is 14.3 Å². The van der Waals surface area contributed by atoms with Gasteiger partial charge in [0.2, 0.25) is 0 Å². The number of fused-ring (bicyclic) bond motifs is 1. The van der Waals surface area contributed by atoms with Crippen LogP contribution >= 0.6 is 23.1 Å². The number of nitrogen functional groups attached to an aromatic ring is 1. The Kier molecular flexibility index (Phi) is 8.49. The molecule has 174 valence electrons. The van der Waals surface area contributed by atoms with E-state index < -0.39 is 5.97 Å². The zero-order valence-corrected chi connectivity index (χ0v) is 20.4. The maximum absolute atomic E-state index is 13.2. The van der Waals surface area contributed by atoms with Crippen LogP contribution in [0.3, 0.4) is 0 Å². The number of esters is 1. The van der Waals surface area contributed by atoms with E-state index in [1.165, 1.54) is 11.8 Å². The number of benzene rings is 1. The average molecular weight is 487 g/mol. The molecular weight excluding hydrogens is 460 g/mol. The molecule has 0 aliphatic carbocycles. The van der Waals surface area contributed by atoms with E-state index in [9.17, 15) is 14.9 Å². The van der Waals surface area contributed by atoms with Gasteiger partial charge in [0.15, 0.2) is 5.16 Å². The molecule has 3 rings (SSSR count). The van der Waals surface area contributed by atoms with Gasteiger partial charge in [-0.1, -0.05) is 23.9 Å². The van der Waals surface area contributed by atoms with Crippen LogP contribution in [0.5, 0.6) is 0 Å². The summed E-state index contributed by atoms with van der Waals surface area (Å²) in [5.74, 6) is -0.265. The van der Waals surface area contributed by atoms with Crippen LogP contribution in [0.2, 0.25) is 0 Å². The van der Waals surface area contributed by atoms with Crippen molar-refractivity contribution in [2.24, 2.45) is 0 Å². The van der Waals surface area contributed by atoms with Gasteiger partial charge in [0, 0.05) is 24.5 Å². The fourth-order valence-electron chi connectivity index (χ4n) is 3.24. The van der Waals surface area contributed by atoms with Crippen LogP contribution in [0.15, 0.2) is 34.2 Å². The summed E-state index contributed by atoms with van der Waals surface area (Å²) < 4.78 is 12.4. The van der Waals surface area contributed by atoms with Crippen molar-refractivity contribution in [2.75, 3.05) is 18.9 Å². The molecule has 1 aromatic carbocycles. The highest BCUT2D eigenvalue weighted by Gasteiger charge is 2.23. The Morgan fingerprint density at radius 1 is 1.36 bits per heavy atom. The predicted octanol–water partition coefficient (Wildman–Crippen LogP) is 4.20. The summed E-state index contributed by atoms with van der Waals surface area (Å²) in [6.07, 6.45) is 0.759. The molecule has 10 heteroatoms. The Morgan fingerprint density at radius 2 is 2.12 bits per heavy atom. The molecule has 0 saturated carbocycles. The van der Waals surface area contributed by atoms with Crippen molar-refractivity contribution in [1.82, 2.24) is 9.55 Å². The van der Waals surface area contributed by atoms with Crippen LogP contribution in [0.1, 0.15) is 48.0 Å². The first-order chi connectivity index (χ1) is 15.9. The molecule has 2 heterocycles. The van der Waals surface area contributed by atoms with E-state index in [1.807, 2.05) is 26.0 Å². The molecule has 0 saturated heterocycles. The topological polar surface area (TPSA) is 120 Å². The molecule has 0 spiro atoms. The van der Waals surface area contributed by atoms with Gasteiger partial charge in [-0.15, -0.1) is 11.3 Å². The molecule has 0 fully saturated rings. The summed E-state index contributed by atoms with van der Waals surface area (Å²) in [5.41, 5.74) is 7.20. The second-order valence-electron chi connectivity index (χ2n) is 7.41.